The number of anilines is 1. The zero-order chi connectivity index (χ0) is 11.5. The van der Waals surface area contributed by atoms with Gasteiger partial charge in [-0.05, 0) is 30.4 Å². The van der Waals surface area contributed by atoms with Gasteiger partial charge in [-0.3, -0.25) is 0 Å². The summed E-state index contributed by atoms with van der Waals surface area (Å²) in [5.41, 5.74) is 2.60. The minimum Gasteiger partial charge on any atom is -0.368 e. The lowest BCUT2D eigenvalue weighted by atomic mass is 10.0. The summed E-state index contributed by atoms with van der Waals surface area (Å²) in [5, 5.41) is 0. The van der Waals surface area contributed by atoms with Gasteiger partial charge in [0, 0.05) is 24.2 Å². The molecule has 1 unspecified atom stereocenters. The van der Waals surface area contributed by atoms with Crippen LogP contribution >= 0.6 is 11.6 Å². The zero-order valence-electron chi connectivity index (χ0n) is 10.1. The molecule has 16 heavy (non-hydrogen) atoms. The van der Waals surface area contributed by atoms with Gasteiger partial charge in [0.05, 0.1) is 0 Å². The van der Waals surface area contributed by atoms with E-state index in [0.29, 0.717) is 17.8 Å². The Morgan fingerprint density at radius 3 is 2.81 bits per heavy atom. The fraction of sp³-hybridized carbons (Fsp3) is 0.571. The molecule has 1 fully saturated rings. The first kappa shape index (κ1) is 11.8. The van der Waals surface area contributed by atoms with Crippen molar-refractivity contribution in [1.29, 1.82) is 0 Å². The van der Waals surface area contributed by atoms with Crippen LogP contribution in [-0.4, -0.2) is 12.6 Å². The van der Waals surface area contributed by atoms with Crippen molar-refractivity contribution < 1.29 is 0 Å². The van der Waals surface area contributed by atoms with Crippen molar-refractivity contribution in [2.45, 2.75) is 38.6 Å². The third-order valence-corrected chi connectivity index (χ3v) is 3.80. The van der Waals surface area contributed by atoms with Gasteiger partial charge in [-0.2, -0.15) is 0 Å². The number of alkyl halides is 1. The van der Waals surface area contributed by atoms with Crippen LogP contribution in [0.3, 0.4) is 0 Å². The first-order chi connectivity index (χ1) is 7.74. The molecule has 0 saturated carbocycles. The molecule has 1 aliphatic heterocycles. The highest BCUT2D eigenvalue weighted by molar-refractivity contribution is 6.17. The van der Waals surface area contributed by atoms with E-state index in [0.717, 1.165) is 0 Å². The van der Waals surface area contributed by atoms with Crippen LogP contribution in [0.5, 0.6) is 0 Å². The quantitative estimate of drug-likeness (QED) is 0.717. The van der Waals surface area contributed by atoms with Gasteiger partial charge in [0.15, 0.2) is 0 Å². The molecular weight excluding hydrogens is 218 g/mol. The molecule has 0 aromatic heterocycles. The third kappa shape index (κ3) is 2.20. The van der Waals surface area contributed by atoms with Crippen molar-refractivity contribution in [2.75, 3.05) is 11.4 Å². The Morgan fingerprint density at radius 1 is 1.38 bits per heavy atom. The molecule has 1 saturated heterocycles. The Morgan fingerprint density at radius 2 is 2.12 bits per heavy atom. The van der Waals surface area contributed by atoms with Crippen LogP contribution in [0.1, 0.15) is 32.3 Å². The smallest absolute Gasteiger partial charge is 0.0494 e. The lowest BCUT2D eigenvalue weighted by molar-refractivity contribution is 0.491. The third-order valence-electron chi connectivity index (χ3n) is 3.51. The van der Waals surface area contributed by atoms with Gasteiger partial charge in [-0.25, -0.2) is 0 Å². The van der Waals surface area contributed by atoms with E-state index in [4.69, 9.17) is 11.6 Å². The van der Waals surface area contributed by atoms with Crippen molar-refractivity contribution in [1.82, 2.24) is 0 Å². The van der Waals surface area contributed by atoms with E-state index in [1.165, 1.54) is 30.6 Å². The Bertz CT molecular complexity index is 348. The molecule has 0 N–H and O–H groups in total. The van der Waals surface area contributed by atoms with E-state index in [1.54, 1.807) is 0 Å². The predicted octanol–water partition coefficient (Wildman–Crippen LogP) is 4.05. The van der Waals surface area contributed by atoms with Crippen LogP contribution < -0.4 is 4.90 Å². The van der Waals surface area contributed by atoms with Crippen LogP contribution in [-0.2, 0) is 5.88 Å². The van der Waals surface area contributed by atoms with Gasteiger partial charge in [0.2, 0.25) is 0 Å². The second kappa shape index (κ2) is 5.09. The molecule has 1 aliphatic rings. The summed E-state index contributed by atoms with van der Waals surface area (Å²) < 4.78 is 0. The maximum absolute atomic E-state index is 6.01. The lowest BCUT2D eigenvalue weighted by Crippen LogP contribution is -2.33. The monoisotopic (exact) mass is 237 g/mol. The van der Waals surface area contributed by atoms with Crippen molar-refractivity contribution >= 4 is 17.3 Å². The lowest BCUT2D eigenvalue weighted by Gasteiger charge is -2.31. The summed E-state index contributed by atoms with van der Waals surface area (Å²) in [7, 11) is 0. The highest BCUT2D eigenvalue weighted by Gasteiger charge is 2.28. The summed E-state index contributed by atoms with van der Waals surface area (Å²) in [5.74, 6) is 1.32. The van der Waals surface area contributed by atoms with Gasteiger partial charge in [-0.15, -0.1) is 11.6 Å². The SMILES string of the molecule is CC(C)C1CCCN1c1ccccc1CCl. The molecule has 1 aromatic rings. The average molecular weight is 238 g/mol. The van der Waals surface area contributed by atoms with Crippen LogP contribution in [0.15, 0.2) is 24.3 Å². The first-order valence-electron chi connectivity index (χ1n) is 6.14. The molecule has 0 radical (unpaired) electrons. The van der Waals surface area contributed by atoms with Gasteiger partial charge in [0.25, 0.3) is 0 Å². The second-order valence-corrected chi connectivity index (χ2v) is 5.18. The maximum Gasteiger partial charge on any atom is 0.0494 e. The van der Waals surface area contributed by atoms with Gasteiger partial charge >= 0.3 is 0 Å². The maximum atomic E-state index is 6.01. The minimum absolute atomic E-state index is 0.609. The zero-order valence-corrected chi connectivity index (χ0v) is 10.9. The number of hydrogen-bond donors (Lipinski definition) is 0. The minimum atomic E-state index is 0.609. The van der Waals surface area contributed by atoms with E-state index in [9.17, 15) is 0 Å². The van der Waals surface area contributed by atoms with Crippen LogP contribution in [0, 0.1) is 5.92 Å². The normalized spacial score (nSPS) is 20.8. The number of benzene rings is 1. The van der Waals surface area contributed by atoms with Gasteiger partial charge in [0.1, 0.15) is 0 Å². The van der Waals surface area contributed by atoms with E-state index < -0.39 is 0 Å². The average Bonchev–Trinajstić information content (AvgIpc) is 2.77. The summed E-state index contributed by atoms with van der Waals surface area (Å²) in [6.07, 6.45) is 2.62. The number of para-hydroxylation sites is 1. The Hall–Kier alpha value is -0.690. The van der Waals surface area contributed by atoms with E-state index in [-0.39, 0.29) is 0 Å². The van der Waals surface area contributed by atoms with Crippen LogP contribution in [0.2, 0.25) is 0 Å². The molecule has 1 aromatic carbocycles. The topological polar surface area (TPSA) is 3.24 Å². The largest absolute Gasteiger partial charge is 0.368 e. The molecule has 2 rings (SSSR count). The number of rotatable bonds is 3. The molecule has 0 aliphatic carbocycles. The molecule has 0 spiro atoms. The number of nitrogens with zero attached hydrogens (tertiary/aromatic N) is 1. The Labute approximate surface area is 103 Å². The van der Waals surface area contributed by atoms with Crippen LogP contribution in [0.4, 0.5) is 5.69 Å². The highest BCUT2D eigenvalue weighted by Crippen LogP contribution is 2.32. The van der Waals surface area contributed by atoms with E-state index in [2.05, 4.69) is 43.0 Å². The predicted molar refractivity (Wildman–Crippen MR) is 71.2 cm³/mol. The first-order valence-corrected chi connectivity index (χ1v) is 6.68. The molecule has 0 amide bonds. The van der Waals surface area contributed by atoms with E-state index in [1.807, 2.05) is 0 Å². The van der Waals surface area contributed by atoms with Crippen LogP contribution in [0.25, 0.3) is 0 Å². The second-order valence-electron chi connectivity index (χ2n) is 4.91. The molecule has 88 valence electrons. The fourth-order valence-corrected chi connectivity index (χ4v) is 2.91. The molecular formula is C14H20ClN. The highest BCUT2D eigenvalue weighted by atomic mass is 35.5. The van der Waals surface area contributed by atoms with Crippen molar-refractivity contribution in [3.8, 4) is 0 Å². The van der Waals surface area contributed by atoms with Crippen molar-refractivity contribution in [3.05, 3.63) is 29.8 Å². The van der Waals surface area contributed by atoms with Gasteiger partial charge < -0.3 is 4.90 Å². The summed E-state index contributed by atoms with van der Waals surface area (Å²) in [6.45, 7) is 5.80. The summed E-state index contributed by atoms with van der Waals surface area (Å²) in [6, 6.07) is 9.21. The summed E-state index contributed by atoms with van der Waals surface area (Å²) >= 11 is 6.01. The number of hydrogen-bond acceptors (Lipinski definition) is 1. The number of halogens is 1. The van der Waals surface area contributed by atoms with E-state index >= 15 is 0 Å². The molecule has 0 bridgehead atoms. The fourth-order valence-electron chi connectivity index (χ4n) is 2.69. The van der Waals surface area contributed by atoms with Crippen molar-refractivity contribution in [3.63, 3.8) is 0 Å². The standard InChI is InChI=1S/C14H20ClN/c1-11(2)13-8-5-9-16(13)14-7-4-3-6-12(14)10-15/h3-4,6-7,11,13H,5,8-10H2,1-2H3. The molecule has 1 nitrogen and oxygen atoms in total. The van der Waals surface area contributed by atoms with Crippen molar-refractivity contribution in [2.24, 2.45) is 5.92 Å². The molecule has 1 atom stereocenters. The molecule has 1 heterocycles. The Balaban J connectivity index is 2.28. The van der Waals surface area contributed by atoms with Gasteiger partial charge in [-0.1, -0.05) is 32.0 Å². The molecule has 2 heteroatoms. The Kier molecular flexibility index (Phi) is 3.75. The summed E-state index contributed by atoms with van der Waals surface area (Å²) in [4.78, 5) is 2.54.